The van der Waals surface area contributed by atoms with Crippen LogP contribution in [0.4, 0.5) is 11.4 Å². The van der Waals surface area contributed by atoms with Crippen LogP contribution in [0.1, 0.15) is 146 Å². The number of rotatable bonds is 14. The fraction of sp³-hybridized carbons (Fsp3) is 0.414. The second kappa shape index (κ2) is 20.3. The van der Waals surface area contributed by atoms with Gasteiger partial charge in [-0.2, -0.15) is 10.2 Å². The summed E-state index contributed by atoms with van der Waals surface area (Å²) in [5.41, 5.74) is 7.45. The van der Waals surface area contributed by atoms with E-state index in [0.29, 0.717) is 61.3 Å². The normalized spacial score (nSPS) is 17.5. The highest BCUT2D eigenvalue weighted by Gasteiger charge is 2.54. The number of hydrogen-bond donors (Lipinski definition) is 0. The zero-order chi connectivity index (χ0) is 50.1. The summed E-state index contributed by atoms with van der Waals surface area (Å²) in [5, 5.41) is 9.56. The minimum absolute atomic E-state index is 0.117. The number of nitrogens with zero attached hydrogens (tertiary/aromatic N) is 6. The molecular formula is C58H68N6O6. The van der Waals surface area contributed by atoms with E-state index in [9.17, 15) is 0 Å². The molecule has 366 valence electrons. The Labute approximate surface area is 413 Å². The Bertz CT molecular complexity index is 2710. The third-order valence-corrected chi connectivity index (χ3v) is 14.8. The molecule has 0 fully saturated rings. The molecule has 12 heteroatoms. The number of fused-ring (bicyclic) bond motifs is 2. The molecule has 2 atom stereocenters. The van der Waals surface area contributed by atoms with Crippen LogP contribution in [0.5, 0.6) is 0 Å². The quantitative estimate of drug-likeness (QED) is 0.0780. The van der Waals surface area contributed by atoms with Gasteiger partial charge in [0.1, 0.15) is 0 Å². The maximum Gasteiger partial charge on any atom is 0.418 e. The summed E-state index contributed by atoms with van der Waals surface area (Å²) in [6.07, 6.45) is 2.54. The Kier molecular flexibility index (Phi) is 14.4. The molecule has 0 aliphatic heterocycles. The first-order chi connectivity index (χ1) is 33.5. The van der Waals surface area contributed by atoms with Gasteiger partial charge in [0.2, 0.25) is 11.2 Å². The highest BCUT2D eigenvalue weighted by Crippen LogP contribution is 2.45. The van der Waals surface area contributed by atoms with Crippen LogP contribution in [-0.2, 0) is 78.9 Å². The highest BCUT2D eigenvalue weighted by atomic mass is 16.6. The predicted molar refractivity (Wildman–Crippen MR) is 272 cm³/mol. The fourth-order valence-corrected chi connectivity index (χ4v) is 10.7. The Morgan fingerprint density at radius 3 is 1.24 bits per heavy atom. The van der Waals surface area contributed by atoms with E-state index in [-0.39, 0.29) is 37.8 Å². The zero-order valence-electron chi connectivity index (χ0n) is 42.6. The van der Waals surface area contributed by atoms with Crippen molar-refractivity contribution in [3.63, 3.8) is 0 Å². The average molecular weight is 945 g/mol. The van der Waals surface area contributed by atoms with Crippen LogP contribution >= 0.6 is 0 Å². The van der Waals surface area contributed by atoms with Crippen molar-refractivity contribution < 1.29 is 28.7 Å². The molecule has 0 saturated heterocycles. The van der Waals surface area contributed by atoms with Gasteiger partial charge >= 0.3 is 11.9 Å². The summed E-state index contributed by atoms with van der Waals surface area (Å²) in [5.74, 6) is -3.19. The smallest absolute Gasteiger partial charge is 0.418 e. The number of carbonyl (C=O) groups excluding carboxylic acids is 4. The molecule has 70 heavy (non-hydrogen) atoms. The van der Waals surface area contributed by atoms with Crippen LogP contribution in [0.2, 0.25) is 0 Å². The molecular weight excluding hydrogens is 877 g/mol. The van der Waals surface area contributed by atoms with Gasteiger partial charge in [0, 0.05) is 70.9 Å². The van der Waals surface area contributed by atoms with Crippen molar-refractivity contribution in [2.75, 3.05) is 9.80 Å². The topological polar surface area (TPSA) is 129 Å². The van der Waals surface area contributed by atoms with Gasteiger partial charge in [0.25, 0.3) is 11.8 Å². The van der Waals surface area contributed by atoms with Gasteiger partial charge in [-0.25, -0.2) is 9.59 Å². The molecule has 2 heterocycles. The third kappa shape index (κ3) is 9.20. The average Bonchev–Trinajstić information content (AvgIpc) is 3.81. The summed E-state index contributed by atoms with van der Waals surface area (Å²) < 4.78 is 16.9. The lowest BCUT2D eigenvalue weighted by Gasteiger charge is -2.42. The summed E-state index contributed by atoms with van der Waals surface area (Å²) >= 11 is 0. The maximum atomic E-state index is 16.0. The van der Waals surface area contributed by atoms with Crippen LogP contribution < -0.4 is 9.80 Å². The molecule has 12 nitrogen and oxygen atoms in total. The number of esters is 2. The Hall–Kier alpha value is -6.82. The molecule has 2 aromatic heterocycles. The lowest BCUT2D eigenvalue weighted by Crippen LogP contribution is -2.54. The van der Waals surface area contributed by atoms with E-state index in [2.05, 4.69) is 27.7 Å². The van der Waals surface area contributed by atoms with E-state index in [0.717, 1.165) is 56.2 Å². The molecule has 8 rings (SSSR count). The second-order valence-electron chi connectivity index (χ2n) is 19.7. The van der Waals surface area contributed by atoms with Gasteiger partial charge in [-0.3, -0.25) is 19.0 Å². The highest BCUT2D eigenvalue weighted by molar-refractivity contribution is 6.31. The third-order valence-electron chi connectivity index (χ3n) is 14.8. The minimum atomic E-state index is -1.93. The summed E-state index contributed by atoms with van der Waals surface area (Å²) in [4.78, 5) is 65.3. The Morgan fingerprint density at radius 1 is 0.557 bits per heavy atom. The van der Waals surface area contributed by atoms with Crippen LogP contribution in [0.3, 0.4) is 0 Å². The van der Waals surface area contributed by atoms with Crippen molar-refractivity contribution in [1.82, 2.24) is 19.6 Å². The summed E-state index contributed by atoms with van der Waals surface area (Å²) in [6.45, 7) is 22.0. The molecule has 0 radical (unpaired) electrons. The first kappa shape index (κ1) is 49.6. The molecule has 4 aromatic carbocycles. The number of ether oxygens (including phenoxy) is 2. The summed E-state index contributed by atoms with van der Waals surface area (Å²) in [6, 6.07) is 30.7. The molecule has 0 spiro atoms. The molecule has 2 aliphatic carbocycles. The largest absolute Gasteiger partial charge is 0.435 e. The first-order valence-corrected chi connectivity index (χ1v) is 25.1. The number of anilines is 2. The van der Waals surface area contributed by atoms with Crippen LogP contribution in [0, 0.1) is 27.7 Å². The van der Waals surface area contributed by atoms with Gasteiger partial charge in [-0.15, -0.1) is 0 Å². The first-order valence-electron chi connectivity index (χ1n) is 25.1. The molecule has 0 N–H and O–H groups in total. The van der Waals surface area contributed by atoms with E-state index >= 15 is 19.2 Å². The van der Waals surface area contributed by atoms with Gasteiger partial charge in [0.05, 0.1) is 24.5 Å². The fourth-order valence-electron chi connectivity index (χ4n) is 10.7. The number of aryl methyl sites for hydroxylation is 6. The predicted octanol–water partition coefficient (Wildman–Crippen LogP) is 10.9. The van der Waals surface area contributed by atoms with E-state index in [1.807, 2.05) is 148 Å². The number of hydrogen-bond acceptors (Lipinski definition) is 8. The summed E-state index contributed by atoms with van der Waals surface area (Å²) in [7, 11) is 0. The van der Waals surface area contributed by atoms with E-state index < -0.39 is 35.0 Å². The van der Waals surface area contributed by atoms with E-state index in [4.69, 9.17) is 19.7 Å². The zero-order valence-corrected chi connectivity index (χ0v) is 42.6. The van der Waals surface area contributed by atoms with Crippen molar-refractivity contribution in [1.29, 1.82) is 0 Å². The standard InChI is InChI=1S/C58H68N6O6/c1-11-63-41(9)49(39(7)59-63)35-61(47-29-25-43(26-30-47)37(3)4)55(67)57(33-17-21-45-19-13-15-23-51(45)57)69-53(65)54(66)70-58(34-18-22-46-20-14-16-24-52(46)58)56(68)62(48-31-27-44(28-32-48)38(5)6)36-50-40(8)60-64(12-2)42(50)10/h13-16,19-20,23-32,37-38H,11-12,17-18,21-22,33-36H2,1-10H3. The van der Waals surface area contributed by atoms with E-state index in [1.54, 1.807) is 9.80 Å². The lowest BCUT2D eigenvalue weighted by atomic mass is 9.77. The molecule has 2 amide bonds. The monoisotopic (exact) mass is 945 g/mol. The van der Waals surface area contributed by atoms with Crippen LogP contribution in [-0.4, -0.2) is 43.3 Å². The molecule has 2 unspecified atom stereocenters. The second-order valence-corrected chi connectivity index (χ2v) is 19.7. The molecule has 0 bridgehead atoms. The van der Waals surface area contributed by atoms with Crippen molar-refractivity contribution >= 4 is 35.1 Å². The molecule has 2 aliphatic rings. The van der Waals surface area contributed by atoms with E-state index in [1.165, 1.54) is 0 Å². The van der Waals surface area contributed by atoms with Gasteiger partial charge in [-0.1, -0.05) is 100 Å². The van der Waals surface area contributed by atoms with Gasteiger partial charge in [-0.05, 0) is 126 Å². The SMILES string of the molecule is CCn1nc(C)c(CN(C(=O)C2(OC(=O)C(=O)OC3(C(=O)N(Cc4c(C)nn(CC)c4C)c4ccc(C(C)C)cc4)CCCc4ccccc43)CCCc3ccccc32)c2ccc(C(C)C)cc2)c1C. The van der Waals surface area contributed by atoms with Crippen molar-refractivity contribution in [2.24, 2.45) is 0 Å². The number of aromatic nitrogens is 4. The van der Waals surface area contributed by atoms with Crippen molar-refractivity contribution in [3.05, 3.63) is 164 Å². The van der Waals surface area contributed by atoms with Crippen LogP contribution in [0.25, 0.3) is 0 Å². The molecule has 6 aromatic rings. The van der Waals surface area contributed by atoms with Crippen molar-refractivity contribution in [2.45, 2.75) is 157 Å². The number of benzene rings is 4. The maximum absolute atomic E-state index is 16.0. The van der Waals surface area contributed by atoms with Gasteiger partial charge in [0.15, 0.2) is 0 Å². The van der Waals surface area contributed by atoms with Crippen LogP contribution in [0.15, 0.2) is 97.1 Å². The Morgan fingerprint density at radius 2 is 0.914 bits per heavy atom. The number of amides is 2. The Balaban J connectivity index is 1.22. The van der Waals surface area contributed by atoms with Gasteiger partial charge < -0.3 is 19.3 Å². The minimum Gasteiger partial charge on any atom is -0.435 e. The van der Waals surface area contributed by atoms with Crippen molar-refractivity contribution in [3.8, 4) is 0 Å². The lowest BCUT2D eigenvalue weighted by molar-refractivity contribution is -0.192. The molecule has 0 saturated carbocycles. The number of carbonyl (C=O) groups is 4.